The Hall–Kier alpha value is -1.64. The van der Waals surface area contributed by atoms with Crippen molar-refractivity contribution in [1.82, 2.24) is 5.43 Å². The highest BCUT2D eigenvalue weighted by Gasteiger charge is 2.02. The van der Waals surface area contributed by atoms with E-state index in [1.807, 2.05) is 26.0 Å². The van der Waals surface area contributed by atoms with Crippen LogP contribution in [0.15, 0.2) is 23.3 Å². The molecule has 0 aliphatic carbocycles. The number of aryl methyl sites for hydroxylation is 2. The van der Waals surface area contributed by atoms with E-state index >= 15 is 0 Å². The molecule has 0 atom stereocenters. The van der Waals surface area contributed by atoms with E-state index in [0.29, 0.717) is 0 Å². The van der Waals surface area contributed by atoms with Crippen LogP contribution in [0.1, 0.15) is 30.5 Å². The highest BCUT2D eigenvalue weighted by molar-refractivity contribution is 6.00. The van der Waals surface area contributed by atoms with Crippen molar-refractivity contribution in [2.75, 3.05) is 0 Å². The van der Waals surface area contributed by atoms with Gasteiger partial charge in [0, 0.05) is 12.5 Å². The third kappa shape index (κ3) is 3.20. The molecule has 15 heavy (non-hydrogen) atoms. The minimum Gasteiger partial charge on any atom is -0.274 e. The first-order valence-electron chi connectivity index (χ1n) is 4.89. The number of carbonyl (C=O) groups is 1. The first-order valence-corrected chi connectivity index (χ1v) is 4.89. The first kappa shape index (κ1) is 11.4. The van der Waals surface area contributed by atoms with E-state index in [2.05, 4.69) is 23.5 Å². The SMILES string of the molecule is CC(=O)N/N=C(\C)c1ccc(C)cc1C. The van der Waals surface area contributed by atoms with E-state index in [9.17, 15) is 4.79 Å². The van der Waals surface area contributed by atoms with Crippen molar-refractivity contribution in [3.63, 3.8) is 0 Å². The average Bonchev–Trinajstić information content (AvgIpc) is 2.14. The summed E-state index contributed by atoms with van der Waals surface area (Å²) in [6.45, 7) is 7.42. The lowest BCUT2D eigenvalue weighted by atomic mass is 10.0. The van der Waals surface area contributed by atoms with Crippen molar-refractivity contribution in [3.8, 4) is 0 Å². The molecule has 0 saturated heterocycles. The summed E-state index contributed by atoms with van der Waals surface area (Å²) < 4.78 is 0. The van der Waals surface area contributed by atoms with Crippen LogP contribution in [-0.4, -0.2) is 11.6 Å². The fraction of sp³-hybridized carbons (Fsp3) is 0.333. The van der Waals surface area contributed by atoms with Crippen molar-refractivity contribution in [1.29, 1.82) is 0 Å². The second-order valence-corrected chi connectivity index (χ2v) is 3.68. The number of carbonyl (C=O) groups excluding carboxylic acids is 1. The van der Waals surface area contributed by atoms with E-state index in [1.165, 1.54) is 18.1 Å². The summed E-state index contributed by atoms with van der Waals surface area (Å²) >= 11 is 0. The zero-order chi connectivity index (χ0) is 11.4. The lowest BCUT2D eigenvalue weighted by Crippen LogP contribution is -2.15. The van der Waals surface area contributed by atoms with Gasteiger partial charge in [0.25, 0.3) is 0 Å². The van der Waals surface area contributed by atoms with E-state index in [1.54, 1.807) is 0 Å². The van der Waals surface area contributed by atoms with E-state index in [-0.39, 0.29) is 5.91 Å². The van der Waals surface area contributed by atoms with E-state index < -0.39 is 0 Å². The van der Waals surface area contributed by atoms with Crippen LogP contribution in [0.4, 0.5) is 0 Å². The summed E-state index contributed by atoms with van der Waals surface area (Å²) in [4.78, 5) is 10.7. The lowest BCUT2D eigenvalue weighted by Gasteiger charge is -2.06. The number of rotatable bonds is 2. The van der Waals surface area contributed by atoms with Gasteiger partial charge in [0.1, 0.15) is 0 Å². The van der Waals surface area contributed by atoms with Crippen LogP contribution in [0.3, 0.4) is 0 Å². The highest BCUT2D eigenvalue weighted by Crippen LogP contribution is 2.11. The van der Waals surface area contributed by atoms with Crippen molar-refractivity contribution in [2.24, 2.45) is 5.10 Å². The van der Waals surface area contributed by atoms with Gasteiger partial charge in [0.05, 0.1) is 5.71 Å². The molecule has 3 nitrogen and oxygen atoms in total. The molecule has 1 N–H and O–H groups in total. The van der Waals surface area contributed by atoms with Crippen molar-refractivity contribution >= 4 is 11.6 Å². The van der Waals surface area contributed by atoms with Crippen LogP contribution in [0.5, 0.6) is 0 Å². The van der Waals surface area contributed by atoms with Gasteiger partial charge in [-0.15, -0.1) is 0 Å². The van der Waals surface area contributed by atoms with E-state index in [0.717, 1.165) is 11.3 Å². The van der Waals surface area contributed by atoms with Crippen molar-refractivity contribution in [2.45, 2.75) is 27.7 Å². The van der Waals surface area contributed by atoms with Crippen LogP contribution in [0.2, 0.25) is 0 Å². The number of amides is 1. The summed E-state index contributed by atoms with van der Waals surface area (Å²) in [6, 6.07) is 6.16. The van der Waals surface area contributed by atoms with Gasteiger partial charge in [0.2, 0.25) is 5.91 Å². The third-order valence-electron chi connectivity index (χ3n) is 2.15. The third-order valence-corrected chi connectivity index (χ3v) is 2.15. The average molecular weight is 204 g/mol. The number of hydrazone groups is 1. The molecule has 0 spiro atoms. The normalized spacial score (nSPS) is 11.3. The van der Waals surface area contributed by atoms with Crippen LogP contribution in [0, 0.1) is 13.8 Å². The van der Waals surface area contributed by atoms with Gasteiger partial charge in [-0.1, -0.05) is 23.8 Å². The lowest BCUT2D eigenvalue weighted by molar-refractivity contribution is -0.118. The first-order chi connectivity index (χ1) is 7.00. The molecule has 0 aromatic heterocycles. The number of hydrogen-bond acceptors (Lipinski definition) is 2. The van der Waals surface area contributed by atoms with Crippen molar-refractivity contribution < 1.29 is 4.79 Å². The molecule has 1 aromatic carbocycles. The summed E-state index contributed by atoms with van der Waals surface area (Å²) in [5, 5.41) is 4.00. The fourth-order valence-electron chi connectivity index (χ4n) is 1.44. The predicted octanol–water partition coefficient (Wildman–Crippen LogP) is 2.16. The minimum atomic E-state index is -0.154. The smallest absolute Gasteiger partial charge is 0.236 e. The molecule has 1 amide bonds. The quantitative estimate of drug-likeness (QED) is 0.582. The molecule has 1 rings (SSSR count). The second kappa shape index (κ2) is 4.73. The van der Waals surface area contributed by atoms with E-state index in [4.69, 9.17) is 0 Å². The Morgan fingerprint density at radius 2 is 1.93 bits per heavy atom. The Bertz CT molecular complexity index is 408. The van der Waals surface area contributed by atoms with Gasteiger partial charge in [-0.05, 0) is 26.3 Å². The minimum absolute atomic E-state index is 0.154. The summed E-state index contributed by atoms with van der Waals surface area (Å²) in [6.07, 6.45) is 0. The van der Waals surface area contributed by atoms with Gasteiger partial charge in [0.15, 0.2) is 0 Å². The Morgan fingerprint density at radius 3 is 2.47 bits per heavy atom. The topological polar surface area (TPSA) is 41.5 Å². The van der Waals surface area contributed by atoms with Gasteiger partial charge >= 0.3 is 0 Å². The number of hydrogen-bond donors (Lipinski definition) is 1. The molecule has 80 valence electrons. The summed E-state index contributed by atoms with van der Waals surface area (Å²) in [5.41, 5.74) is 6.71. The molecule has 1 aromatic rings. The molecule has 0 fully saturated rings. The maximum absolute atomic E-state index is 10.7. The van der Waals surface area contributed by atoms with Crippen LogP contribution >= 0.6 is 0 Å². The second-order valence-electron chi connectivity index (χ2n) is 3.68. The van der Waals surface area contributed by atoms with Gasteiger partial charge in [-0.25, -0.2) is 5.43 Å². The number of nitrogens with one attached hydrogen (secondary N) is 1. The summed E-state index contributed by atoms with van der Waals surface area (Å²) in [7, 11) is 0. The Labute approximate surface area is 90.2 Å². The maximum Gasteiger partial charge on any atom is 0.236 e. The Balaban J connectivity index is 2.95. The van der Waals surface area contributed by atoms with Crippen LogP contribution in [-0.2, 0) is 4.79 Å². The predicted molar refractivity (Wildman–Crippen MR) is 61.9 cm³/mol. The fourth-order valence-corrected chi connectivity index (χ4v) is 1.44. The molecule has 0 radical (unpaired) electrons. The van der Waals surface area contributed by atoms with Crippen LogP contribution in [0.25, 0.3) is 0 Å². The largest absolute Gasteiger partial charge is 0.274 e. The zero-order valence-electron chi connectivity index (χ0n) is 9.59. The van der Waals surface area contributed by atoms with Crippen molar-refractivity contribution in [3.05, 3.63) is 34.9 Å². The molecule has 0 saturated carbocycles. The number of nitrogens with zero attached hydrogens (tertiary/aromatic N) is 1. The standard InChI is InChI=1S/C12H16N2O/c1-8-5-6-12(9(2)7-8)10(3)13-14-11(4)15/h5-7H,1-4H3,(H,14,15)/b13-10+. The molecule has 0 aliphatic heterocycles. The molecule has 0 unspecified atom stereocenters. The maximum atomic E-state index is 10.7. The Kier molecular flexibility index (Phi) is 3.61. The molecule has 3 heteroatoms. The van der Waals surface area contributed by atoms with Crippen LogP contribution < -0.4 is 5.43 Å². The van der Waals surface area contributed by atoms with Gasteiger partial charge in [-0.3, -0.25) is 4.79 Å². The Morgan fingerprint density at radius 1 is 1.27 bits per heavy atom. The molecule has 0 bridgehead atoms. The molecular formula is C12H16N2O. The van der Waals surface area contributed by atoms with Gasteiger partial charge in [-0.2, -0.15) is 5.10 Å². The molecule has 0 aliphatic rings. The summed E-state index contributed by atoms with van der Waals surface area (Å²) in [5.74, 6) is -0.154. The molecule has 0 heterocycles. The monoisotopic (exact) mass is 204 g/mol. The van der Waals surface area contributed by atoms with Gasteiger partial charge < -0.3 is 0 Å². The molecular weight excluding hydrogens is 188 g/mol. The highest BCUT2D eigenvalue weighted by atomic mass is 16.2. The zero-order valence-corrected chi connectivity index (χ0v) is 9.59. The number of benzene rings is 1.